The Balaban J connectivity index is 1.54. The molecular formula is C32H41FN2O2. The van der Waals surface area contributed by atoms with Crippen molar-refractivity contribution in [2.75, 3.05) is 0 Å². The first-order valence-electron chi connectivity index (χ1n) is 13.9. The Kier molecular flexibility index (Phi) is 11.2. The molecule has 0 N–H and O–H groups in total. The van der Waals surface area contributed by atoms with E-state index in [9.17, 15) is 9.18 Å². The minimum atomic E-state index is -1.98. The summed E-state index contributed by atoms with van der Waals surface area (Å²) in [5, 5.41) is 0. The van der Waals surface area contributed by atoms with Crippen LogP contribution in [0.1, 0.15) is 90.5 Å². The fourth-order valence-electron chi connectivity index (χ4n) is 4.29. The Morgan fingerprint density at radius 2 is 1.32 bits per heavy atom. The van der Waals surface area contributed by atoms with Gasteiger partial charge in [0.15, 0.2) is 5.82 Å². The van der Waals surface area contributed by atoms with Crippen LogP contribution in [0.25, 0.3) is 22.5 Å². The first kappa shape index (κ1) is 28.5. The molecule has 1 unspecified atom stereocenters. The van der Waals surface area contributed by atoms with Gasteiger partial charge in [0.1, 0.15) is 5.75 Å². The molecule has 4 nitrogen and oxygen atoms in total. The summed E-state index contributed by atoms with van der Waals surface area (Å²) in [5.41, 5.74) is 2.11. The molecule has 37 heavy (non-hydrogen) atoms. The van der Waals surface area contributed by atoms with E-state index in [-0.39, 0.29) is 6.42 Å². The van der Waals surface area contributed by atoms with Crippen molar-refractivity contribution in [2.45, 2.75) is 97.1 Å². The van der Waals surface area contributed by atoms with Crippen molar-refractivity contribution in [1.29, 1.82) is 0 Å². The van der Waals surface area contributed by atoms with Crippen LogP contribution in [-0.4, -0.2) is 21.6 Å². The van der Waals surface area contributed by atoms with Gasteiger partial charge in [-0.25, -0.2) is 19.2 Å². The number of hydrogen-bond acceptors (Lipinski definition) is 4. The van der Waals surface area contributed by atoms with Gasteiger partial charge >= 0.3 is 5.97 Å². The maximum Gasteiger partial charge on any atom is 0.348 e. The molecule has 0 spiro atoms. The monoisotopic (exact) mass is 504 g/mol. The Labute approximate surface area is 221 Å². The van der Waals surface area contributed by atoms with Crippen molar-refractivity contribution in [3.63, 3.8) is 0 Å². The summed E-state index contributed by atoms with van der Waals surface area (Å²) in [6.45, 7) is 5.64. The summed E-state index contributed by atoms with van der Waals surface area (Å²) in [4.78, 5) is 21.4. The van der Waals surface area contributed by atoms with Gasteiger partial charge in [-0.05, 0) is 55.9 Å². The number of rotatable bonds is 15. The highest BCUT2D eigenvalue weighted by molar-refractivity contribution is 5.81. The predicted molar refractivity (Wildman–Crippen MR) is 149 cm³/mol. The third-order valence-corrected chi connectivity index (χ3v) is 6.76. The number of benzene rings is 2. The number of aryl methyl sites for hydroxylation is 1. The van der Waals surface area contributed by atoms with E-state index in [4.69, 9.17) is 4.74 Å². The average molecular weight is 505 g/mol. The zero-order chi connectivity index (χ0) is 26.5. The van der Waals surface area contributed by atoms with Crippen LogP contribution in [0.3, 0.4) is 0 Å². The van der Waals surface area contributed by atoms with Crippen molar-refractivity contribution in [2.24, 2.45) is 0 Å². The van der Waals surface area contributed by atoms with E-state index in [2.05, 4.69) is 48.1 Å². The van der Waals surface area contributed by atoms with Gasteiger partial charge in [-0.15, -0.1) is 0 Å². The first-order chi connectivity index (χ1) is 17.9. The van der Waals surface area contributed by atoms with Gasteiger partial charge in [-0.2, -0.15) is 0 Å². The molecule has 5 heteroatoms. The van der Waals surface area contributed by atoms with Gasteiger partial charge in [0.25, 0.3) is 0 Å². The molecule has 0 amide bonds. The largest absolute Gasteiger partial charge is 0.424 e. The smallest absolute Gasteiger partial charge is 0.348 e. The molecule has 0 aliphatic rings. The number of halogens is 1. The predicted octanol–water partition coefficient (Wildman–Crippen LogP) is 8.93. The molecule has 198 valence electrons. The fourth-order valence-corrected chi connectivity index (χ4v) is 4.29. The number of carbonyl (C=O) groups is 1. The molecule has 1 aromatic heterocycles. The van der Waals surface area contributed by atoms with E-state index in [1.54, 1.807) is 24.5 Å². The van der Waals surface area contributed by atoms with E-state index < -0.39 is 11.6 Å². The number of aromatic nitrogens is 2. The van der Waals surface area contributed by atoms with Gasteiger partial charge in [0.2, 0.25) is 5.67 Å². The quantitative estimate of drug-likeness (QED) is 0.118. The Morgan fingerprint density at radius 3 is 1.95 bits per heavy atom. The van der Waals surface area contributed by atoms with Crippen LogP contribution >= 0.6 is 0 Å². The molecule has 0 aliphatic carbocycles. The molecule has 0 saturated carbocycles. The summed E-state index contributed by atoms with van der Waals surface area (Å²) in [5.74, 6) is 0.172. The van der Waals surface area contributed by atoms with E-state index in [1.807, 2.05) is 12.1 Å². The normalized spacial score (nSPS) is 12.8. The summed E-state index contributed by atoms with van der Waals surface area (Å²) in [6.07, 6.45) is 15.0. The topological polar surface area (TPSA) is 52.1 Å². The van der Waals surface area contributed by atoms with Crippen molar-refractivity contribution in [3.8, 4) is 28.3 Å². The van der Waals surface area contributed by atoms with Crippen LogP contribution < -0.4 is 4.74 Å². The van der Waals surface area contributed by atoms with Gasteiger partial charge in [0, 0.05) is 23.5 Å². The molecule has 0 bridgehead atoms. The summed E-state index contributed by atoms with van der Waals surface area (Å²) in [6, 6.07) is 15.5. The third kappa shape index (κ3) is 9.07. The fraction of sp³-hybridized carbons (Fsp3) is 0.469. The van der Waals surface area contributed by atoms with Gasteiger partial charge in [-0.3, -0.25) is 0 Å². The first-order valence-corrected chi connectivity index (χ1v) is 13.9. The highest BCUT2D eigenvalue weighted by Crippen LogP contribution is 2.26. The molecule has 0 aliphatic heterocycles. The lowest BCUT2D eigenvalue weighted by atomic mass is 10.00. The minimum absolute atomic E-state index is 0.176. The zero-order valence-corrected chi connectivity index (χ0v) is 22.6. The number of ether oxygens (including phenoxy) is 1. The molecule has 0 radical (unpaired) electrons. The molecule has 2 aromatic carbocycles. The third-order valence-electron chi connectivity index (χ3n) is 6.76. The van der Waals surface area contributed by atoms with Crippen LogP contribution in [0.15, 0.2) is 60.9 Å². The summed E-state index contributed by atoms with van der Waals surface area (Å²) in [7, 11) is 0. The second-order valence-corrected chi connectivity index (χ2v) is 10.1. The number of alkyl halides is 1. The molecule has 1 heterocycles. The second kappa shape index (κ2) is 14.6. The van der Waals surface area contributed by atoms with Crippen molar-refractivity contribution >= 4 is 5.97 Å². The zero-order valence-electron chi connectivity index (χ0n) is 22.6. The van der Waals surface area contributed by atoms with E-state index in [1.165, 1.54) is 44.6 Å². The van der Waals surface area contributed by atoms with Crippen LogP contribution in [-0.2, 0) is 11.2 Å². The molecular weight excluding hydrogens is 463 g/mol. The van der Waals surface area contributed by atoms with E-state index >= 15 is 0 Å². The van der Waals surface area contributed by atoms with E-state index in [0.717, 1.165) is 42.4 Å². The van der Waals surface area contributed by atoms with Crippen molar-refractivity contribution in [1.82, 2.24) is 9.97 Å². The highest BCUT2D eigenvalue weighted by Gasteiger charge is 2.34. The highest BCUT2D eigenvalue weighted by atomic mass is 19.1. The van der Waals surface area contributed by atoms with Crippen LogP contribution in [0, 0.1) is 0 Å². The number of esters is 1. The van der Waals surface area contributed by atoms with E-state index in [0.29, 0.717) is 18.0 Å². The van der Waals surface area contributed by atoms with Gasteiger partial charge in [0.05, 0.1) is 0 Å². The summed E-state index contributed by atoms with van der Waals surface area (Å²) < 4.78 is 20.1. The van der Waals surface area contributed by atoms with Gasteiger partial charge < -0.3 is 4.74 Å². The maximum absolute atomic E-state index is 14.7. The Hall–Kier alpha value is -3.08. The maximum atomic E-state index is 14.7. The number of unbranched alkanes of at least 4 members (excludes halogenated alkanes) is 7. The van der Waals surface area contributed by atoms with Crippen LogP contribution in [0.2, 0.25) is 0 Å². The van der Waals surface area contributed by atoms with Crippen molar-refractivity contribution in [3.05, 3.63) is 66.5 Å². The Bertz CT molecular complexity index is 1080. The van der Waals surface area contributed by atoms with Crippen molar-refractivity contribution < 1.29 is 13.9 Å². The van der Waals surface area contributed by atoms with Crippen LogP contribution in [0.5, 0.6) is 5.75 Å². The molecule has 1 atom stereocenters. The average Bonchev–Trinajstić information content (AvgIpc) is 2.92. The lowest BCUT2D eigenvalue weighted by Gasteiger charge is -2.18. The molecule has 3 aromatic rings. The molecule has 3 rings (SSSR count). The number of hydrogen-bond donors (Lipinski definition) is 0. The lowest BCUT2D eigenvalue weighted by Crippen LogP contribution is -2.34. The minimum Gasteiger partial charge on any atom is -0.424 e. The number of carbonyl (C=O) groups excluding carboxylic acids is 1. The van der Waals surface area contributed by atoms with Gasteiger partial charge in [-0.1, -0.05) is 95.2 Å². The number of nitrogens with zero attached hydrogens (tertiary/aromatic N) is 2. The standard InChI is InChI=1S/C32H41FN2O2/c1-4-6-8-10-11-13-25-14-16-27(17-15-25)30-34-23-28(24-35-30)26-18-20-29(21-19-26)37-31(36)32(3,33)22-12-9-7-5-2/h14-21,23-24H,4-13,22H2,1-3H3. The van der Waals surface area contributed by atoms with Crippen LogP contribution in [0.4, 0.5) is 4.39 Å². The Morgan fingerprint density at radius 1 is 0.757 bits per heavy atom. The second-order valence-electron chi connectivity index (χ2n) is 10.1. The molecule has 0 saturated heterocycles. The summed E-state index contributed by atoms with van der Waals surface area (Å²) >= 11 is 0. The molecule has 0 fully saturated rings. The SMILES string of the molecule is CCCCCCCc1ccc(-c2ncc(-c3ccc(OC(=O)C(C)(F)CCCCCC)cc3)cn2)cc1. The lowest BCUT2D eigenvalue weighted by molar-refractivity contribution is -0.147.